The van der Waals surface area contributed by atoms with Gasteiger partial charge in [-0.1, -0.05) is 6.08 Å². The Labute approximate surface area is 111 Å². The van der Waals surface area contributed by atoms with E-state index in [0.717, 1.165) is 11.5 Å². The van der Waals surface area contributed by atoms with Crippen molar-refractivity contribution in [1.29, 1.82) is 0 Å². The summed E-state index contributed by atoms with van der Waals surface area (Å²) in [6, 6.07) is 4.88. The van der Waals surface area contributed by atoms with E-state index in [9.17, 15) is 4.79 Å². The van der Waals surface area contributed by atoms with Crippen LogP contribution in [0.1, 0.15) is 10.4 Å². The van der Waals surface area contributed by atoms with E-state index in [2.05, 4.69) is 11.9 Å². The number of thioether (sulfide) groups is 1. The average molecular weight is 267 g/mol. The molecule has 0 unspecified atom stereocenters. The SMILES string of the molecule is C=CCSCCNc1cc(OC)ccc1C(=O)O. The molecule has 0 saturated heterocycles. The lowest BCUT2D eigenvalue weighted by Gasteiger charge is -2.10. The summed E-state index contributed by atoms with van der Waals surface area (Å²) >= 11 is 1.74. The summed E-state index contributed by atoms with van der Waals surface area (Å²) in [5.41, 5.74) is 0.838. The quantitative estimate of drug-likeness (QED) is 0.560. The van der Waals surface area contributed by atoms with Crippen LogP contribution < -0.4 is 10.1 Å². The number of nitrogens with one attached hydrogen (secondary N) is 1. The lowest BCUT2D eigenvalue weighted by Crippen LogP contribution is -2.09. The standard InChI is InChI=1S/C13H17NO3S/c1-3-7-18-8-6-14-12-9-10(17-2)4-5-11(12)13(15)16/h3-5,9,14H,1,6-8H2,2H3,(H,15,16). The molecule has 0 aliphatic rings. The van der Waals surface area contributed by atoms with E-state index in [0.29, 0.717) is 18.0 Å². The summed E-state index contributed by atoms with van der Waals surface area (Å²) in [4.78, 5) is 11.1. The van der Waals surface area contributed by atoms with Crippen LogP contribution in [0.5, 0.6) is 5.75 Å². The van der Waals surface area contributed by atoms with Crippen LogP contribution in [0.3, 0.4) is 0 Å². The van der Waals surface area contributed by atoms with Crippen LogP contribution in [-0.2, 0) is 0 Å². The molecule has 0 heterocycles. The normalized spacial score (nSPS) is 9.83. The maximum absolute atomic E-state index is 11.1. The van der Waals surface area contributed by atoms with Crippen LogP contribution in [0, 0.1) is 0 Å². The highest BCUT2D eigenvalue weighted by molar-refractivity contribution is 7.99. The number of hydrogen-bond acceptors (Lipinski definition) is 4. The third-order valence-electron chi connectivity index (χ3n) is 2.25. The fourth-order valence-corrected chi connectivity index (χ4v) is 1.99. The summed E-state index contributed by atoms with van der Waals surface area (Å²) in [6.07, 6.45) is 1.85. The monoisotopic (exact) mass is 267 g/mol. The zero-order chi connectivity index (χ0) is 13.4. The van der Waals surface area contributed by atoms with Gasteiger partial charge in [0.05, 0.1) is 18.4 Å². The maximum atomic E-state index is 11.1. The highest BCUT2D eigenvalue weighted by atomic mass is 32.2. The van der Waals surface area contributed by atoms with Crippen molar-refractivity contribution in [2.45, 2.75) is 0 Å². The Morgan fingerprint density at radius 3 is 3.00 bits per heavy atom. The average Bonchev–Trinajstić information content (AvgIpc) is 2.38. The van der Waals surface area contributed by atoms with Crippen molar-refractivity contribution in [2.75, 3.05) is 30.5 Å². The number of carbonyl (C=O) groups is 1. The van der Waals surface area contributed by atoms with Gasteiger partial charge in [0.1, 0.15) is 5.75 Å². The molecule has 4 nitrogen and oxygen atoms in total. The van der Waals surface area contributed by atoms with E-state index >= 15 is 0 Å². The van der Waals surface area contributed by atoms with Gasteiger partial charge in [-0.05, 0) is 12.1 Å². The van der Waals surface area contributed by atoms with Gasteiger partial charge in [0.15, 0.2) is 0 Å². The minimum absolute atomic E-state index is 0.254. The number of rotatable bonds is 8. The number of aromatic carboxylic acids is 1. The Morgan fingerprint density at radius 2 is 2.39 bits per heavy atom. The molecule has 0 fully saturated rings. The minimum atomic E-state index is -0.945. The maximum Gasteiger partial charge on any atom is 0.337 e. The molecule has 98 valence electrons. The molecule has 0 radical (unpaired) electrons. The smallest absolute Gasteiger partial charge is 0.337 e. The van der Waals surface area contributed by atoms with Crippen molar-refractivity contribution in [3.63, 3.8) is 0 Å². The molecule has 0 aliphatic heterocycles. The molecule has 0 aromatic heterocycles. The van der Waals surface area contributed by atoms with E-state index in [-0.39, 0.29) is 5.56 Å². The molecule has 18 heavy (non-hydrogen) atoms. The molecule has 5 heteroatoms. The Hall–Kier alpha value is -1.62. The molecule has 0 atom stereocenters. The highest BCUT2D eigenvalue weighted by Crippen LogP contribution is 2.22. The molecule has 1 aromatic rings. The number of anilines is 1. The Kier molecular flexibility index (Phi) is 6.14. The van der Waals surface area contributed by atoms with Crippen molar-refractivity contribution < 1.29 is 14.6 Å². The van der Waals surface area contributed by atoms with Crippen molar-refractivity contribution in [1.82, 2.24) is 0 Å². The second kappa shape index (κ2) is 7.66. The number of ether oxygens (including phenoxy) is 1. The van der Waals surface area contributed by atoms with Crippen molar-refractivity contribution in [3.8, 4) is 5.75 Å². The molecular weight excluding hydrogens is 250 g/mol. The second-order valence-electron chi connectivity index (χ2n) is 3.51. The minimum Gasteiger partial charge on any atom is -0.497 e. The van der Waals surface area contributed by atoms with Gasteiger partial charge in [-0.15, -0.1) is 6.58 Å². The predicted octanol–water partition coefficient (Wildman–Crippen LogP) is 2.72. The predicted molar refractivity (Wildman–Crippen MR) is 76.0 cm³/mol. The fourth-order valence-electron chi connectivity index (χ4n) is 1.41. The van der Waals surface area contributed by atoms with E-state index < -0.39 is 5.97 Å². The number of methoxy groups -OCH3 is 1. The first-order chi connectivity index (χ1) is 8.69. The number of benzene rings is 1. The van der Waals surface area contributed by atoms with Gasteiger partial charge in [-0.3, -0.25) is 0 Å². The van der Waals surface area contributed by atoms with Crippen LogP contribution in [-0.4, -0.2) is 36.2 Å². The summed E-state index contributed by atoms with van der Waals surface area (Å²) in [5, 5.41) is 12.2. The first kappa shape index (κ1) is 14.4. The number of hydrogen-bond donors (Lipinski definition) is 2. The van der Waals surface area contributed by atoms with Gasteiger partial charge in [-0.2, -0.15) is 11.8 Å². The molecule has 0 bridgehead atoms. The van der Waals surface area contributed by atoms with Crippen LogP contribution in [0.25, 0.3) is 0 Å². The molecule has 1 rings (SSSR count). The molecule has 1 aromatic carbocycles. The Balaban J connectivity index is 2.65. The molecule has 2 N–H and O–H groups in total. The van der Waals surface area contributed by atoms with Gasteiger partial charge >= 0.3 is 5.97 Å². The van der Waals surface area contributed by atoms with Gasteiger partial charge in [0, 0.05) is 24.1 Å². The van der Waals surface area contributed by atoms with E-state index in [1.165, 1.54) is 0 Å². The van der Waals surface area contributed by atoms with Crippen LogP contribution in [0.15, 0.2) is 30.9 Å². The molecule has 0 amide bonds. The largest absolute Gasteiger partial charge is 0.497 e. The highest BCUT2D eigenvalue weighted by Gasteiger charge is 2.10. The lowest BCUT2D eigenvalue weighted by molar-refractivity contribution is 0.0698. The van der Waals surface area contributed by atoms with Gasteiger partial charge in [0.25, 0.3) is 0 Å². The van der Waals surface area contributed by atoms with Gasteiger partial charge in [0.2, 0.25) is 0 Å². The summed E-state index contributed by atoms with van der Waals surface area (Å²) < 4.78 is 5.08. The lowest BCUT2D eigenvalue weighted by atomic mass is 10.1. The summed E-state index contributed by atoms with van der Waals surface area (Å²) in [7, 11) is 1.56. The van der Waals surface area contributed by atoms with Gasteiger partial charge in [-0.25, -0.2) is 4.79 Å². The zero-order valence-electron chi connectivity index (χ0n) is 10.3. The van der Waals surface area contributed by atoms with E-state index in [1.807, 2.05) is 6.08 Å². The third-order valence-corrected chi connectivity index (χ3v) is 3.22. The van der Waals surface area contributed by atoms with E-state index in [1.54, 1.807) is 37.1 Å². The molecule has 0 spiro atoms. The van der Waals surface area contributed by atoms with Crippen LogP contribution >= 0.6 is 11.8 Å². The number of carboxylic acids is 1. The summed E-state index contributed by atoms with van der Waals surface area (Å²) in [6.45, 7) is 4.34. The Bertz CT molecular complexity index is 421. The first-order valence-electron chi connectivity index (χ1n) is 5.53. The van der Waals surface area contributed by atoms with Crippen LogP contribution in [0.2, 0.25) is 0 Å². The zero-order valence-corrected chi connectivity index (χ0v) is 11.1. The summed E-state index contributed by atoms with van der Waals surface area (Å²) in [5.74, 6) is 1.48. The fraction of sp³-hybridized carbons (Fsp3) is 0.308. The van der Waals surface area contributed by atoms with Gasteiger partial charge < -0.3 is 15.2 Å². The topological polar surface area (TPSA) is 58.6 Å². The van der Waals surface area contributed by atoms with Crippen molar-refractivity contribution in [3.05, 3.63) is 36.4 Å². The molecule has 0 saturated carbocycles. The second-order valence-corrected chi connectivity index (χ2v) is 4.66. The van der Waals surface area contributed by atoms with Crippen LogP contribution in [0.4, 0.5) is 5.69 Å². The van der Waals surface area contributed by atoms with Crippen molar-refractivity contribution >= 4 is 23.4 Å². The molecular formula is C13H17NO3S. The Morgan fingerprint density at radius 1 is 1.61 bits per heavy atom. The van der Waals surface area contributed by atoms with E-state index in [4.69, 9.17) is 9.84 Å². The number of carboxylic acid groups (broad SMARTS) is 1. The third kappa shape index (κ3) is 4.33. The molecule has 0 aliphatic carbocycles. The first-order valence-corrected chi connectivity index (χ1v) is 6.68. The van der Waals surface area contributed by atoms with Crippen molar-refractivity contribution in [2.24, 2.45) is 0 Å².